The van der Waals surface area contributed by atoms with Crippen LogP contribution in [0.25, 0.3) is 0 Å². The molecule has 0 aliphatic heterocycles. The number of hydrogen-bond donors (Lipinski definition) is 2. The molecule has 17 heavy (non-hydrogen) atoms. The Labute approximate surface area is 98.7 Å². The predicted octanol–water partition coefficient (Wildman–Crippen LogP) is 2.36. The maximum Gasteiger partial charge on any atom is 0.303 e. The fourth-order valence-electron chi connectivity index (χ4n) is 1.35. The highest BCUT2D eigenvalue weighted by atomic mass is 19.1. The summed E-state index contributed by atoms with van der Waals surface area (Å²) in [5.41, 5.74) is 0.609. The number of nitriles is 1. The number of halogens is 1. The van der Waals surface area contributed by atoms with Gasteiger partial charge in [0.15, 0.2) is 0 Å². The van der Waals surface area contributed by atoms with Crippen LogP contribution in [0.3, 0.4) is 0 Å². The number of anilines is 1. The van der Waals surface area contributed by atoms with Crippen molar-refractivity contribution in [3.05, 3.63) is 29.6 Å². The van der Waals surface area contributed by atoms with Crippen LogP contribution < -0.4 is 5.32 Å². The van der Waals surface area contributed by atoms with E-state index in [1.54, 1.807) is 0 Å². The van der Waals surface area contributed by atoms with Crippen LogP contribution in [0, 0.1) is 17.1 Å². The van der Waals surface area contributed by atoms with Gasteiger partial charge in [-0.1, -0.05) is 0 Å². The third-order valence-corrected chi connectivity index (χ3v) is 2.23. The molecule has 0 bridgehead atoms. The van der Waals surface area contributed by atoms with E-state index >= 15 is 0 Å². The van der Waals surface area contributed by atoms with Gasteiger partial charge in [0.25, 0.3) is 0 Å². The highest BCUT2D eigenvalue weighted by molar-refractivity contribution is 5.66. The summed E-state index contributed by atoms with van der Waals surface area (Å²) >= 11 is 0. The number of aliphatic carboxylic acids is 1. The molecule has 0 amide bonds. The zero-order chi connectivity index (χ0) is 12.7. The number of rotatable bonds is 6. The van der Waals surface area contributed by atoms with Crippen LogP contribution in [-0.4, -0.2) is 17.6 Å². The monoisotopic (exact) mass is 236 g/mol. The van der Waals surface area contributed by atoms with Crippen molar-refractivity contribution in [1.82, 2.24) is 0 Å². The van der Waals surface area contributed by atoms with E-state index in [2.05, 4.69) is 5.32 Å². The molecular weight excluding hydrogens is 223 g/mol. The highest BCUT2D eigenvalue weighted by Crippen LogP contribution is 2.15. The summed E-state index contributed by atoms with van der Waals surface area (Å²) in [5.74, 6) is -1.29. The van der Waals surface area contributed by atoms with Crippen LogP contribution >= 0.6 is 0 Å². The minimum absolute atomic E-state index is 0.123. The first-order valence-electron chi connectivity index (χ1n) is 5.29. The second-order valence-corrected chi connectivity index (χ2v) is 3.58. The zero-order valence-electron chi connectivity index (χ0n) is 9.24. The normalized spacial score (nSPS) is 9.65. The lowest BCUT2D eigenvalue weighted by atomic mass is 10.2. The molecule has 0 fully saturated rings. The van der Waals surface area contributed by atoms with E-state index in [1.807, 2.05) is 6.07 Å². The molecule has 4 nitrogen and oxygen atoms in total. The van der Waals surface area contributed by atoms with Gasteiger partial charge in [-0.2, -0.15) is 5.26 Å². The Bertz CT molecular complexity index is 441. The standard InChI is InChI=1S/C12H13FN2O2/c13-10-7-9(8-14)4-5-11(10)15-6-2-1-3-12(16)17/h4-5,7,15H,1-3,6H2,(H,16,17). The highest BCUT2D eigenvalue weighted by Gasteiger charge is 2.02. The van der Waals surface area contributed by atoms with Crippen molar-refractivity contribution in [3.63, 3.8) is 0 Å². The molecule has 0 saturated carbocycles. The van der Waals surface area contributed by atoms with Gasteiger partial charge in [-0.3, -0.25) is 4.79 Å². The number of carbonyl (C=O) groups is 1. The fraction of sp³-hybridized carbons (Fsp3) is 0.333. The van der Waals surface area contributed by atoms with Crippen LogP contribution in [0.4, 0.5) is 10.1 Å². The van der Waals surface area contributed by atoms with E-state index in [9.17, 15) is 9.18 Å². The Kier molecular flexibility index (Phi) is 4.95. The average molecular weight is 236 g/mol. The third-order valence-electron chi connectivity index (χ3n) is 2.23. The molecule has 0 unspecified atom stereocenters. The summed E-state index contributed by atoms with van der Waals surface area (Å²) in [6, 6.07) is 6.05. The number of carboxylic acid groups (broad SMARTS) is 1. The van der Waals surface area contributed by atoms with Gasteiger partial charge >= 0.3 is 5.97 Å². The van der Waals surface area contributed by atoms with Crippen LogP contribution in [0.1, 0.15) is 24.8 Å². The molecule has 0 saturated heterocycles. The Morgan fingerprint density at radius 2 is 2.24 bits per heavy atom. The van der Waals surface area contributed by atoms with Crippen molar-refractivity contribution in [2.45, 2.75) is 19.3 Å². The zero-order valence-corrected chi connectivity index (χ0v) is 9.24. The van der Waals surface area contributed by atoms with E-state index in [1.165, 1.54) is 18.2 Å². The fourth-order valence-corrected chi connectivity index (χ4v) is 1.35. The molecule has 0 radical (unpaired) electrons. The smallest absolute Gasteiger partial charge is 0.303 e. The molecule has 5 heteroatoms. The van der Waals surface area contributed by atoms with Crippen LogP contribution in [0.15, 0.2) is 18.2 Å². The molecule has 2 N–H and O–H groups in total. The summed E-state index contributed by atoms with van der Waals surface area (Å²) in [7, 11) is 0. The lowest BCUT2D eigenvalue weighted by Crippen LogP contribution is -2.04. The van der Waals surface area contributed by atoms with Gasteiger partial charge in [0.2, 0.25) is 0 Å². The van der Waals surface area contributed by atoms with Gasteiger partial charge in [-0.05, 0) is 31.0 Å². The van der Waals surface area contributed by atoms with E-state index in [-0.39, 0.29) is 12.0 Å². The Morgan fingerprint density at radius 3 is 2.82 bits per heavy atom. The van der Waals surface area contributed by atoms with Gasteiger partial charge in [0.1, 0.15) is 5.82 Å². The minimum atomic E-state index is -0.824. The topological polar surface area (TPSA) is 73.1 Å². The van der Waals surface area contributed by atoms with Crippen molar-refractivity contribution >= 4 is 11.7 Å². The summed E-state index contributed by atoms with van der Waals surface area (Å²) in [4.78, 5) is 10.2. The summed E-state index contributed by atoms with van der Waals surface area (Å²) in [5, 5.41) is 19.8. The minimum Gasteiger partial charge on any atom is -0.481 e. The summed E-state index contributed by atoms with van der Waals surface area (Å²) in [6.45, 7) is 0.510. The molecule has 0 heterocycles. The largest absolute Gasteiger partial charge is 0.481 e. The maximum absolute atomic E-state index is 13.4. The number of hydrogen-bond acceptors (Lipinski definition) is 3. The number of unbranched alkanes of at least 4 members (excludes halogenated alkanes) is 1. The molecule has 0 atom stereocenters. The van der Waals surface area contributed by atoms with Crippen molar-refractivity contribution in [3.8, 4) is 6.07 Å². The first-order chi connectivity index (χ1) is 8.13. The quantitative estimate of drug-likeness (QED) is 0.743. The van der Waals surface area contributed by atoms with E-state index < -0.39 is 11.8 Å². The van der Waals surface area contributed by atoms with E-state index in [4.69, 9.17) is 10.4 Å². The molecule has 0 spiro atoms. The van der Waals surface area contributed by atoms with Gasteiger partial charge in [-0.25, -0.2) is 4.39 Å². The first kappa shape index (κ1) is 13.0. The second-order valence-electron chi connectivity index (χ2n) is 3.58. The van der Waals surface area contributed by atoms with Crippen LogP contribution in [-0.2, 0) is 4.79 Å². The summed E-state index contributed by atoms with van der Waals surface area (Å²) < 4.78 is 13.4. The van der Waals surface area contributed by atoms with Crippen LogP contribution in [0.5, 0.6) is 0 Å². The van der Waals surface area contributed by atoms with Gasteiger partial charge in [-0.15, -0.1) is 0 Å². The van der Waals surface area contributed by atoms with Crippen molar-refractivity contribution in [1.29, 1.82) is 5.26 Å². The van der Waals surface area contributed by atoms with E-state index in [0.29, 0.717) is 25.1 Å². The Morgan fingerprint density at radius 1 is 1.47 bits per heavy atom. The number of benzene rings is 1. The summed E-state index contributed by atoms with van der Waals surface area (Å²) in [6.07, 6.45) is 1.34. The van der Waals surface area contributed by atoms with Gasteiger partial charge < -0.3 is 10.4 Å². The predicted molar refractivity (Wildman–Crippen MR) is 61.1 cm³/mol. The second kappa shape index (κ2) is 6.48. The number of nitrogens with one attached hydrogen (secondary N) is 1. The third kappa shape index (κ3) is 4.51. The van der Waals surface area contributed by atoms with Gasteiger partial charge in [0, 0.05) is 13.0 Å². The van der Waals surface area contributed by atoms with Gasteiger partial charge in [0.05, 0.1) is 17.3 Å². The average Bonchev–Trinajstić information content (AvgIpc) is 2.30. The SMILES string of the molecule is N#Cc1ccc(NCCCCC(=O)O)c(F)c1. The first-order valence-corrected chi connectivity index (χ1v) is 5.29. The molecule has 1 rings (SSSR count). The van der Waals surface area contributed by atoms with E-state index in [0.717, 1.165) is 0 Å². The van der Waals surface area contributed by atoms with Crippen LogP contribution in [0.2, 0.25) is 0 Å². The maximum atomic E-state index is 13.4. The van der Waals surface area contributed by atoms with Crippen molar-refractivity contribution in [2.75, 3.05) is 11.9 Å². The Balaban J connectivity index is 2.37. The number of nitrogens with zero attached hydrogens (tertiary/aromatic N) is 1. The van der Waals surface area contributed by atoms with Crippen molar-refractivity contribution < 1.29 is 14.3 Å². The molecule has 1 aromatic rings. The molecular formula is C12H13FN2O2. The molecule has 0 aliphatic carbocycles. The lowest BCUT2D eigenvalue weighted by molar-refractivity contribution is -0.137. The van der Waals surface area contributed by atoms with Crippen molar-refractivity contribution in [2.24, 2.45) is 0 Å². The molecule has 90 valence electrons. The lowest BCUT2D eigenvalue weighted by Gasteiger charge is -2.06. The molecule has 1 aromatic carbocycles. The molecule has 0 aromatic heterocycles. The Hall–Kier alpha value is -2.09. The number of carboxylic acids is 1. The molecule has 0 aliphatic rings.